The highest BCUT2D eigenvalue weighted by atomic mass is 32.1. The van der Waals surface area contributed by atoms with Gasteiger partial charge in [0.05, 0.1) is 6.42 Å². The molecule has 1 aromatic carbocycles. The van der Waals surface area contributed by atoms with Crippen molar-refractivity contribution in [2.75, 3.05) is 6.54 Å². The molecule has 7 heteroatoms. The molecule has 1 atom stereocenters. The Morgan fingerprint density at radius 2 is 2.21 bits per heavy atom. The average molecular weight is 287 g/mol. The number of carbonyl (C=O) groups excluding carboxylic acids is 2. The Bertz CT molecular complexity index is 404. The van der Waals surface area contributed by atoms with E-state index in [1.54, 1.807) is 12.1 Å². The van der Waals surface area contributed by atoms with Crippen molar-refractivity contribution in [3.63, 3.8) is 0 Å². The zero-order valence-electron chi connectivity index (χ0n) is 10.6. The third-order valence-electron chi connectivity index (χ3n) is 2.08. The van der Waals surface area contributed by atoms with Crippen LogP contribution in [0.1, 0.15) is 12.5 Å². The smallest absolute Gasteiger partial charge is 0.224 e. The van der Waals surface area contributed by atoms with E-state index in [0.29, 0.717) is 12.1 Å². The fourth-order valence-electron chi connectivity index (χ4n) is 1.21. The van der Waals surface area contributed by atoms with Gasteiger partial charge in [-0.05, 0) is 24.6 Å². The van der Waals surface area contributed by atoms with Gasteiger partial charge in [-0.1, -0.05) is 24.9 Å². The van der Waals surface area contributed by atoms with Gasteiger partial charge < -0.3 is 11.1 Å². The lowest BCUT2D eigenvalue weighted by Gasteiger charge is -2.10. The molecule has 5 nitrogen and oxygen atoms in total. The minimum Gasteiger partial charge on any atom is -0.372 e. The first-order chi connectivity index (χ1) is 9.03. The van der Waals surface area contributed by atoms with E-state index in [-0.39, 0.29) is 30.6 Å². The molecule has 0 aliphatic carbocycles. The van der Waals surface area contributed by atoms with E-state index >= 15 is 0 Å². The Labute approximate surface area is 117 Å². The molecule has 106 valence electrons. The summed E-state index contributed by atoms with van der Waals surface area (Å²) >= 11 is 3.88. The molecule has 4 N–H and O–H groups in total. The number of primary amides is 1. The van der Waals surface area contributed by atoms with Crippen LogP contribution >= 0.6 is 12.8 Å². The van der Waals surface area contributed by atoms with E-state index in [0.717, 1.165) is 0 Å². The summed E-state index contributed by atoms with van der Waals surface area (Å²) in [6.07, 6.45) is 0.442. The summed E-state index contributed by atoms with van der Waals surface area (Å²) in [5.74, 6) is -0.447. The van der Waals surface area contributed by atoms with Crippen molar-refractivity contribution >= 4 is 25.1 Å². The zero-order valence-corrected chi connectivity index (χ0v) is 11.5. The lowest BCUT2D eigenvalue weighted by Crippen LogP contribution is -2.36. The van der Waals surface area contributed by atoms with Gasteiger partial charge in [0.1, 0.15) is 5.82 Å². The third kappa shape index (κ3) is 9.04. The van der Waals surface area contributed by atoms with Gasteiger partial charge in [-0.3, -0.25) is 14.3 Å². The minimum absolute atomic E-state index is 0.0970. The summed E-state index contributed by atoms with van der Waals surface area (Å²) in [4.78, 5) is 20.0. The van der Waals surface area contributed by atoms with Crippen molar-refractivity contribution in [1.29, 1.82) is 0 Å². The molecule has 0 aliphatic rings. The summed E-state index contributed by atoms with van der Waals surface area (Å²) < 4.78 is 15.5. The van der Waals surface area contributed by atoms with Gasteiger partial charge in [0.25, 0.3) is 0 Å². The van der Waals surface area contributed by atoms with Crippen molar-refractivity contribution in [2.45, 2.75) is 19.4 Å². The molecule has 0 fully saturated rings. The van der Waals surface area contributed by atoms with Gasteiger partial charge in [0.2, 0.25) is 12.3 Å². The number of amides is 2. The molecule has 0 bridgehead atoms. The largest absolute Gasteiger partial charge is 0.372 e. The van der Waals surface area contributed by atoms with Gasteiger partial charge in [-0.2, -0.15) is 0 Å². The molecule has 0 saturated carbocycles. The first kappa shape index (κ1) is 17.4. The lowest BCUT2D eigenvalue weighted by atomic mass is 10.1. The maximum absolute atomic E-state index is 12.8. The van der Waals surface area contributed by atoms with Crippen molar-refractivity contribution in [2.24, 2.45) is 5.73 Å². The highest BCUT2D eigenvalue weighted by Crippen LogP contribution is 2.03. The van der Waals surface area contributed by atoms with E-state index in [4.69, 9.17) is 4.79 Å². The predicted molar refractivity (Wildman–Crippen MR) is 74.9 cm³/mol. The second-order valence-electron chi connectivity index (χ2n) is 3.78. The predicted octanol–water partition coefficient (Wildman–Crippen LogP) is 0.409. The van der Waals surface area contributed by atoms with Crippen molar-refractivity contribution in [3.05, 3.63) is 35.6 Å². The van der Waals surface area contributed by atoms with Crippen LogP contribution in [0.5, 0.6) is 0 Å². The highest BCUT2D eigenvalue weighted by molar-refractivity contribution is 7.78. The molecule has 2 amide bonds. The molecule has 0 heterocycles. The number of thiol groups is 1. The van der Waals surface area contributed by atoms with Crippen molar-refractivity contribution < 1.29 is 14.0 Å². The number of hydrogen-bond acceptors (Lipinski definition) is 4. The molecule has 1 rings (SSSR count). The zero-order chi connectivity index (χ0) is 14.7. The number of carbonyl (C=O) groups is 2. The van der Waals surface area contributed by atoms with Gasteiger partial charge in [0.15, 0.2) is 0 Å². The molecule has 0 spiro atoms. The van der Waals surface area contributed by atoms with Crippen molar-refractivity contribution in [1.82, 2.24) is 10.0 Å². The Morgan fingerprint density at radius 1 is 1.58 bits per heavy atom. The van der Waals surface area contributed by atoms with E-state index in [2.05, 4.69) is 28.6 Å². The monoisotopic (exact) mass is 287 g/mol. The number of halogens is 1. The molecule has 0 aliphatic heterocycles. The molecule has 0 saturated heterocycles. The van der Waals surface area contributed by atoms with Crippen molar-refractivity contribution in [3.8, 4) is 0 Å². The summed E-state index contributed by atoms with van der Waals surface area (Å²) in [7, 11) is 0. The number of nitrogens with two attached hydrogens (primary N) is 1. The maximum Gasteiger partial charge on any atom is 0.224 e. The first-order valence-electron chi connectivity index (χ1n) is 5.59. The topological polar surface area (TPSA) is 84.2 Å². The lowest BCUT2D eigenvalue weighted by molar-refractivity contribution is -0.120. The second-order valence-corrected chi connectivity index (χ2v) is 4.04. The molecular weight excluding hydrogens is 269 g/mol. The summed E-state index contributed by atoms with van der Waals surface area (Å²) in [5, 5.41) is 2.73. The van der Waals surface area contributed by atoms with Gasteiger partial charge >= 0.3 is 0 Å². The Morgan fingerprint density at radius 3 is 2.74 bits per heavy atom. The Balaban J connectivity index is 0.000000982. The fourth-order valence-corrected chi connectivity index (χ4v) is 1.30. The molecule has 0 radical (unpaired) electrons. The minimum atomic E-state index is -0.323. The van der Waals surface area contributed by atoms with E-state index in [1.165, 1.54) is 12.1 Å². The maximum atomic E-state index is 12.8. The SMILES string of the molecule is C[C@H](CNC(=O)Cc1cccc(F)c1)NS.NC=O. The number of benzene rings is 1. The fraction of sp³-hybridized carbons (Fsp3) is 0.333. The molecule has 19 heavy (non-hydrogen) atoms. The molecule has 1 aromatic rings. The van der Waals surface area contributed by atoms with E-state index < -0.39 is 0 Å². The van der Waals surface area contributed by atoms with Gasteiger partial charge in [-0.15, -0.1) is 0 Å². The van der Waals surface area contributed by atoms with Crippen LogP contribution in [0.15, 0.2) is 24.3 Å². The number of nitrogens with one attached hydrogen (secondary N) is 2. The van der Waals surface area contributed by atoms with E-state index in [1.807, 2.05) is 6.92 Å². The second kappa shape index (κ2) is 10.3. The molecule has 0 aromatic heterocycles. The van der Waals surface area contributed by atoms with E-state index in [9.17, 15) is 9.18 Å². The normalized spacial score (nSPS) is 10.9. The standard InChI is InChI=1S/C11H15FN2OS.CH3NO/c1-8(14-16)7-13-11(15)6-9-3-2-4-10(12)5-9;2-1-3/h2-5,8,14,16H,6-7H2,1H3,(H,13,15);1H,(H2,2,3)/t8-;/m1./s1. The number of rotatable bonds is 5. The van der Waals surface area contributed by atoms with Crippen LogP contribution in [-0.2, 0) is 16.0 Å². The average Bonchev–Trinajstić information content (AvgIpc) is 2.37. The van der Waals surface area contributed by atoms with Crippen LogP contribution in [0.2, 0.25) is 0 Å². The van der Waals surface area contributed by atoms with Crippen LogP contribution in [0.4, 0.5) is 4.39 Å². The Hall–Kier alpha value is -1.60. The number of hydrogen-bond donors (Lipinski definition) is 4. The van der Waals surface area contributed by atoms with Crippen LogP contribution in [0.3, 0.4) is 0 Å². The van der Waals surface area contributed by atoms with Crippen LogP contribution in [0, 0.1) is 5.82 Å². The summed E-state index contributed by atoms with van der Waals surface area (Å²) in [6.45, 7) is 2.40. The van der Waals surface area contributed by atoms with Crippen LogP contribution < -0.4 is 15.8 Å². The highest BCUT2D eigenvalue weighted by Gasteiger charge is 2.05. The first-order valence-corrected chi connectivity index (χ1v) is 6.04. The summed E-state index contributed by atoms with van der Waals surface area (Å²) in [5.41, 5.74) is 4.84. The Kier molecular flexibility index (Phi) is 9.46. The quantitative estimate of drug-likeness (QED) is 0.467. The van der Waals surface area contributed by atoms with Gasteiger partial charge in [-0.25, -0.2) is 4.39 Å². The van der Waals surface area contributed by atoms with Crippen LogP contribution in [-0.4, -0.2) is 24.9 Å². The van der Waals surface area contributed by atoms with Gasteiger partial charge in [0, 0.05) is 12.6 Å². The third-order valence-corrected chi connectivity index (χ3v) is 2.52. The molecular formula is C12H18FN3O2S. The van der Waals surface area contributed by atoms with Crippen LogP contribution in [0.25, 0.3) is 0 Å². The molecule has 0 unspecified atom stereocenters. The summed E-state index contributed by atoms with van der Waals surface area (Å²) in [6, 6.07) is 6.13.